The molecule has 0 heterocycles. The number of esters is 1. The minimum absolute atomic E-state index is 0.226. The number of rotatable bonds is 3. The SMILES string of the molecule is CCOC(=O)C(F)SC(C)(C)C. The van der Waals surface area contributed by atoms with Gasteiger partial charge in [0.15, 0.2) is 0 Å². The smallest absolute Gasteiger partial charge is 0.351 e. The predicted octanol–water partition coefficient (Wildman–Crippen LogP) is 2.38. The van der Waals surface area contributed by atoms with Crippen molar-refractivity contribution in [2.75, 3.05) is 6.61 Å². The third-order valence-electron chi connectivity index (χ3n) is 0.929. The number of alkyl halides is 1. The summed E-state index contributed by atoms with van der Waals surface area (Å²) in [6, 6.07) is 0. The molecule has 0 amide bonds. The summed E-state index contributed by atoms with van der Waals surface area (Å²) in [5.74, 6) is -0.780. The van der Waals surface area contributed by atoms with Crippen LogP contribution in [-0.4, -0.2) is 22.8 Å². The summed E-state index contributed by atoms with van der Waals surface area (Å²) in [5.41, 5.74) is -1.56. The molecular formula is C8H15FO2S. The largest absolute Gasteiger partial charge is 0.463 e. The lowest BCUT2D eigenvalue weighted by atomic mass is 10.3. The number of hydrogen-bond acceptors (Lipinski definition) is 3. The average molecular weight is 194 g/mol. The van der Waals surface area contributed by atoms with Gasteiger partial charge in [0.1, 0.15) is 0 Å². The average Bonchev–Trinajstić information content (AvgIpc) is 1.84. The molecule has 0 aromatic rings. The van der Waals surface area contributed by atoms with E-state index >= 15 is 0 Å². The van der Waals surface area contributed by atoms with Crippen molar-refractivity contribution in [3.05, 3.63) is 0 Å². The molecule has 4 heteroatoms. The minimum Gasteiger partial charge on any atom is -0.463 e. The fourth-order valence-electron chi connectivity index (χ4n) is 0.566. The maximum Gasteiger partial charge on any atom is 0.351 e. The molecule has 0 N–H and O–H groups in total. The minimum atomic E-state index is -1.56. The number of carbonyl (C=O) groups excluding carboxylic acids is 1. The predicted molar refractivity (Wildman–Crippen MR) is 48.9 cm³/mol. The van der Waals surface area contributed by atoms with Gasteiger partial charge in [-0.25, -0.2) is 9.18 Å². The molecular weight excluding hydrogens is 179 g/mol. The molecule has 0 aliphatic carbocycles. The summed E-state index contributed by atoms with van der Waals surface area (Å²) in [4.78, 5) is 10.8. The van der Waals surface area contributed by atoms with E-state index < -0.39 is 11.5 Å². The monoisotopic (exact) mass is 194 g/mol. The van der Waals surface area contributed by atoms with Crippen LogP contribution in [0, 0.1) is 0 Å². The maximum absolute atomic E-state index is 13.0. The zero-order valence-corrected chi connectivity index (χ0v) is 8.70. The Labute approximate surface area is 76.9 Å². The lowest BCUT2D eigenvalue weighted by molar-refractivity contribution is -0.145. The van der Waals surface area contributed by atoms with Gasteiger partial charge in [0.05, 0.1) is 6.61 Å². The highest BCUT2D eigenvalue weighted by Gasteiger charge is 2.25. The summed E-state index contributed by atoms with van der Waals surface area (Å²) in [7, 11) is 0. The van der Waals surface area contributed by atoms with Crippen molar-refractivity contribution in [3.8, 4) is 0 Å². The molecule has 0 spiro atoms. The number of carbonyl (C=O) groups is 1. The highest BCUT2D eigenvalue weighted by atomic mass is 32.2. The molecule has 0 aliphatic rings. The van der Waals surface area contributed by atoms with Gasteiger partial charge in [-0.05, 0) is 6.92 Å². The van der Waals surface area contributed by atoms with E-state index in [4.69, 9.17) is 0 Å². The van der Waals surface area contributed by atoms with Crippen molar-refractivity contribution in [2.45, 2.75) is 37.9 Å². The molecule has 0 aromatic heterocycles. The maximum atomic E-state index is 13.0. The number of halogens is 1. The van der Waals surface area contributed by atoms with Gasteiger partial charge < -0.3 is 4.74 Å². The van der Waals surface area contributed by atoms with Crippen molar-refractivity contribution in [1.82, 2.24) is 0 Å². The third kappa shape index (κ3) is 5.41. The lowest BCUT2D eigenvalue weighted by Crippen LogP contribution is -2.21. The van der Waals surface area contributed by atoms with Crippen LogP contribution in [0.4, 0.5) is 4.39 Å². The second kappa shape index (κ2) is 4.70. The summed E-state index contributed by atoms with van der Waals surface area (Å²) in [6.07, 6.45) is 0. The van der Waals surface area contributed by atoms with Crippen molar-refractivity contribution >= 4 is 17.7 Å². The third-order valence-corrected chi connectivity index (χ3v) is 2.04. The van der Waals surface area contributed by atoms with Crippen LogP contribution in [0.1, 0.15) is 27.7 Å². The Bertz CT molecular complexity index is 154. The van der Waals surface area contributed by atoms with E-state index in [9.17, 15) is 9.18 Å². The van der Waals surface area contributed by atoms with E-state index in [1.807, 2.05) is 20.8 Å². The van der Waals surface area contributed by atoms with Gasteiger partial charge >= 0.3 is 5.97 Å². The van der Waals surface area contributed by atoms with Crippen LogP contribution in [0.3, 0.4) is 0 Å². The van der Waals surface area contributed by atoms with Crippen LogP contribution in [-0.2, 0) is 9.53 Å². The van der Waals surface area contributed by atoms with Crippen LogP contribution in [0.5, 0.6) is 0 Å². The van der Waals surface area contributed by atoms with Crippen LogP contribution in [0.25, 0.3) is 0 Å². The molecule has 0 fully saturated rings. The van der Waals surface area contributed by atoms with E-state index in [0.717, 1.165) is 11.8 Å². The fraction of sp³-hybridized carbons (Fsp3) is 0.875. The Kier molecular flexibility index (Phi) is 4.60. The van der Waals surface area contributed by atoms with Crippen LogP contribution >= 0.6 is 11.8 Å². The molecule has 2 nitrogen and oxygen atoms in total. The normalized spacial score (nSPS) is 14.1. The molecule has 0 aliphatic heterocycles. The fourth-order valence-corrected chi connectivity index (χ4v) is 1.35. The van der Waals surface area contributed by atoms with E-state index in [-0.39, 0.29) is 11.4 Å². The Morgan fingerprint density at radius 2 is 2.08 bits per heavy atom. The molecule has 1 atom stereocenters. The zero-order chi connectivity index (χ0) is 9.78. The summed E-state index contributed by atoms with van der Waals surface area (Å²) >= 11 is 0.964. The quantitative estimate of drug-likeness (QED) is 0.645. The lowest BCUT2D eigenvalue weighted by Gasteiger charge is -2.19. The summed E-state index contributed by atoms with van der Waals surface area (Å²) in [5, 5.41) is 0. The van der Waals surface area contributed by atoms with Crippen molar-refractivity contribution < 1.29 is 13.9 Å². The van der Waals surface area contributed by atoms with Crippen molar-refractivity contribution in [3.63, 3.8) is 0 Å². The topological polar surface area (TPSA) is 26.3 Å². The highest BCUT2D eigenvalue weighted by molar-refractivity contribution is 8.01. The van der Waals surface area contributed by atoms with Crippen LogP contribution < -0.4 is 0 Å². The Morgan fingerprint density at radius 1 is 1.58 bits per heavy atom. The van der Waals surface area contributed by atoms with Gasteiger partial charge in [0.25, 0.3) is 0 Å². The van der Waals surface area contributed by atoms with E-state index in [2.05, 4.69) is 4.74 Å². The van der Waals surface area contributed by atoms with E-state index in [1.165, 1.54) is 0 Å². The molecule has 0 bridgehead atoms. The van der Waals surface area contributed by atoms with Crippen molar-refractivity contribution in [2.24, 2.45) is 0 Å². The molecule has 0 saturated heterocycles. The summed E-state index contributed by atoms with van der Waals surface area (Å²) < 4.78 is 17.2. The van der Waals surface area contributed by atoms with E-state index in [1.54, 1.807) is 6.92 Å². The van der Waals surface area contributed by atoms with Gasteiger partial charge in [0.2, 0.25) is 5.50 Å². The van der Waals surface area contributed by atoms with Gasteiger partial charge in [-0.1, -0.05) is 20.8 Å². The molecule has 1 unspecified atom stereocenters. The Morgan fingerprint density at radius 3 is 2.42 bits per heavy atom. The first-order valence-corrected chi connectivity index (χ1v) is 4.73. The van der Waals surface area contributed by atoms with Crippen LogP contribution in [0.15, 0.2) is 0 Å². The van der Waals surface area contributed by atoms with Gasteiger partial charge in [-0.3, -0.25) is 0 Å². The molecule has 0 aromatic carbocycles. The molecule has 12 heavy (non-hydrogen) atoms. The molecule has 0 radical (unpaired) electrons. The van der Waals surface area contributed by atoms with Crippen LogP contribution in [0.2, 0.25) is 0 Å². The number of hydrogen-bond donors (Lipinski definition) is 0. The first kappa shape index (κ1) is 11.8. The first-order chi connectivity index (χ1) is 5.37. The second-order valence-corrected chi connectivity index (χ2v) is 5.17. The first-order valence-electron chi connectivity index (χ1n) is 3.85. The highest BCUT2D eigenvalue weighted by Crippen LogP contribution is 2.29. The van der Waals surface area contributed by atoms with Gasteiger partial charge in [-0.15, -0.1) is 11.8 Å². The molecule has 0 saturated carbocycles. The number of ether oxygens (including phenoxy) is 1. The zero-order valence-electron chi connectivity index (χ0n) is 7.89. The van der Waals surface area contributed by atoms with E-state index in [0.29, 0.717) is 0 Å². The Hall–Kier alpha value is -0.250. The Balaban J connectivity index is 3.87. The molecule has 0 rings (SSSR count). The van der Waals surface area contributed by atoms with Gasteiger partial charge in [-0.2, -0.15) is 0 Å². The summed E-state index contributed by atoms with van der Waals surface area (Å²) in [6.45, 7) is 7.44. The number of thioether (sulfide) groups is 1. The molecule has 72 valence electrons. The second-order valence-electron chi connectivity index (χ2n) is 3.30. The van der Waals surface area contributed by atoms with Crippen molar-refractivity contribution in [1.29, 1.82) is 0 Å². The van der Waals surface area contributed by atoms with Gasteiger partial charge in [0, 0.05) is 4.75 Å². The standard InChI is InChI=1S/C8H15FO2S/c1-5-11-7(10)6(9)12-8(2,3)4/h6H,5H2,1-4H3.